The van der Waals surface area contributed by atoms with Crippen molar-refractivity contribution in [3.8, 4) is 0 Å². The van der Waals surface area contributed by atoms with Crippen LogP contribution in [-0.2, 0) is 0 Å². The lowest BCUT2D eigenvalue weighted by Gasteiger charge is -2.34. The number of carbonyl (C=O) groups excluding carboxylic acids is 1. The van der Waals surface area contributed by atoms with Gasteiger partial charge < -0.3 is 14.4 Å². The fraction of sp³-hybridized carbons (Fsp3) is 0.438. The summed E-state index contributed by atoms with van der Waals surface area (Å²) >= 11 is 3.44. The number of rotatable bonds is 2. The lowest BCUT2D eigenvalue weighted by Crippen LogP contribution is -2.45. The summed E-state index contributed by atoms with van der Waals surface area (Å²) in [5, 5.41) is 10.4. The molecule has 1 amide bonds. The molecule has 1 unspecified atom stereocenters. The van der Waals surface area contributed by atoms with Gasteiger partial charge in [-0.15, -0.1) is 0 Å². The molecule has 112 valence electrons. The highest BCUT2D eigenvalue weighted by Gasteiger charge is 2.30. The summed E-state index contributed by atoms with van der Waals surface area (Å²) in [6.45, 7) is 2.60. The topological polar surface area (TPSA) is 53.7 Å². The zero-order chi connectivity index (χ0) is 15.0. The molecule has 0 bridgehead atoms. The van der Waals surface area contributed by atoms with E-state index in [2.05, 4.69) is 15.9 Å². The van der Waals surface area contributed by atoms with Gasteiger partial charge in [0.15, 0.2) is 5.76 Å². The molecule has 3 rings (SSSR count). The monoisotopic (exact) mass is 351 g/mol. The van der Waals surface area contributed by atoms with Crippen molar-refractivity contribution in [1.82, 2.24) is 4.90 Å². The largest absolute Gasteiger partial charge is 0.451 e. The number of hydrogen-bond acceptors (Lipinski definition) is 3. The van der Waals surface area contributed by atoms with Gasteiger partial charge >= 0.3 is 0 Å². The number of halogens is 1. The van der Waals surface area contributed by atoms with Crippen molar-refractivity contribution in [3.05, 3.63) is 34.0 Å². The van der Waals surface area contributed by atoms with Crippen molar-refractivity contribution in [2.45, 2.75) is 32.2 Å². The molecule has 1 aromatic heterocycles. The normalized spacial score (nSPS) is 19.2. The fourth-order valence-electron chi connectivity index (χ4n) is 2.99. The molecule has 4 nitrogen and oxygen atoms in total. The number of fused-ring (bicyclic) bond motifs is 1. The lowest BCUT2D eigenvalue weighted by atomic mass is 10.0. The Morgan fingerprint density at radius 3 is 3.05 bits per heavy atom. The summed E-state index contributed by atoms with van der Waals surface area (Å²) in [7, 11) is 0. The number of likely N-dealkylation sites (tertiary alicyclic amines) is 1. The van der Waals surface area contributed by atoms with Gasteiger partial charge in [0.25, 0.3) is 5.91 Å². The van der Waals surface area contributed by atoms with Crippen molar-refractivity contribution in [1.29, 1.82) is 0 Å². The average Bonchev–Trinajstić information content (AvgIpc) is 2.83. The van der Waals surface area contributed by atoms with Crippen molar-refractivity contribution in [2.24, 2.45) is 0 Å². The smallest absolute Gasteiger partial charge is 0.290 e. The average molecular weight is 352 g/mol. The zero-order valence-corrected chi connectivity index (χ0v) is 13.5. The maximum atomic E-state index is 12.8. The molecule has 0 aliphatic carbocycles. The number of hydrogen-bond donors (Lipinski definition) is 1. The van der Waals surface area contributed by atoms with E-state index in [-0.39, 0.29) is 18.6 Å². The van der Waals surface area contributed by atoms with E-state index in [1.54, 1.807) is 4.90 Å². The minimum atomic E-state index is -0.112. The van der Waals surface area contributed by atoms with E-state index >= 15 is 0 Å². The Balaban J connectivity index is 1.99. The molecule has 1 atom stereocenters. The van der Waals surface area contributed by atoms with E-state index in [0.29, 0.717) is 12.3 Å². The first-order valence-corrected chi connectivity index (χ1v) is 8.01. The van der Waals surface area contributed by atoms with E-state index in [4.69, 9.17) is 4.42 Å². The molecule has 1 fully saturated rings. The second-order valence-corrected chi connectivity index (χ2v) is 6.44. The predicted molar refractivity (Wildman–Crippen MR) is 84.4 cm³/mol. The third-order valence-corrected chi connectivity index (χ3v) is 4.68. The molecule has 1 saturated heterocycles. The van der Waals surface area contributed by atoms with Crippen LogP contribution < -0.4 is 0 Å². The fourth-order valence-corrected chi connectivity index (χ4v) is 3.35. The first-order chi connectivity index (χ1) is 10.1. The molecule has 5 heteroatoms. The van der Waals surface area contributed by atoms with Crippen LogP contribution in [0.2, 0.25) is 0 Å². The Morgan fingerprint density at radius 1 is 1.48 bits per heavy atom. The molecule has 1 N–H and O–H groups in total. The Bertz CT molecular complexity index is 679. The van der Waals surface area contributed by atoms with Crippen molar-refractivity contribution in [2.75, 3.05) is 13.2 Å². The van der Waals surface area contributed by atoms with Crippen LogP contribution in [0.15, 0.2) is 27.1 Å². The molecule has 1 aliphatic rings. The highest BCUT2D eigenvalue weighted by molar-refractivity contribution is 9.10. The standard InChI is InChI=1S/C16H18BrNO3/c1-10-13-8-11(17)5-6-14(13)21-15(10)16(20)18-7-3-2-4-12(18)9-19/h5-6,8,12,19H,2-4,7,9H2,1H3. The van der Waals surface area contributed by atoms with Crippen molar-refractivity contribution in [3.63, 3.8) is 0 Å². The SMILES string of the molecule is Cc1c(C(=O)N2CCCCC2CO)oc2ccc(Br)cc12. The molecule has 1 aliphatic heterocycles. The van der Waals surface area contributed by atoms with E-state index in [1.165, 1.54) is 0 Å². The van der Waals surface area contributed by atoms with Gasteiger partial charge in [-0.1, -0.05) is 15.9 Å². The van der Waals surface area contributed by atoms with Gasteiger partial charge in [-0.2, -0.15) is 0 Å². The molecule has 0 spiro atoms. The zero-order valence-electron chi connectivity index (χ0n) is 11.9. The van der Waals surface area contributed by atoms with Crippen LogP contribution in [-0.4, -0.2) is 35.1 Å². The highest BCUT2D eigenvalue weighted by atomic mass is 79.9. The number of aliphatic hydroxyl groups excluding tert-OH is 1. The Hall–Kier alpha value is -1.33. The molecule has 2 heterocycles. The van der Waals surface area contributed by atoms with Gasteiger partial charge in [0.05, 0.1) is 12.6 Å². The minimum Gasteiger partial charge on any atom is -0.451 e. The number of benzene rings is 1. The molecular formula is C16H18BrNO3. The van der Waals surface area contributed by atoms with E-state index < -0.39 is 0 Å². The van der Waals surface area contributed by atoms with E-state index in [1.807, 2.05) is 25.1 Å². The van der Waals surface area contributed by atoms with Crippen LogP contribution in [0.4, 0.5) is 0 Å². The lowest BCUT2D eigenvalue weighted by molar-refractivity contribution is 0.0474. The maximum Gasteiger partial charge on any atom is 0.290 e. The number of furan rings is 1. The summed E-state index contributed by atoms with van der Waals surface area (Å²) in [6, 6.07) is 5.63. The molecular weight excluding hydrogens is 334 g/mol. The Kier molecular flexibility index (Phi) is 4.04. The third kappa shape index (κ3) is 2.60. The number of amides is 1. The summed E-state index contributed by atoms with van der Waals surface area (Å²) < 4.78 is 6.73. The number of aryl methyl sites for hydroxylation is 1. The third-order valence-electron chi connectivity index (χ3n) is 4.19. The van der Waals surface area contributed by atoms with Crippen LogP contribution in [0.25, 0.3) is 11.0 Å². The number of nitrogens with zero attached hydrogens (tertiary/aromatic N) is 1. The van der Waals surface area contributed by atoms with Gasteiger partial charge in [-0.25, -0.2) is 0 Å². The van der Waals surface area contributed by atoms with Crippen LogP contribution in [0, 0.1) is 6.92 Å². The highest BCUT2D eigenvalue weighted by Crippen LogP contribution is 2.30. The van der Waals surface area contributed by atoms with E-state index in [9.17, 15) is 9.90 Å². The van der Waals surface area contributed by atoms with Crippen LogP contribution >= 0.6 is 15.9 Å². The summed E-state index contributed by atoms with van der Waals surface area (Å²) in [5.74, 6) is 0.280. The second kappa shape index (κ2) is 5.81. The number of piperidine rings is 1. The summed E-state index contributed by atoms with van der Waals surface area (Å²) in [4.78, 5) is 14.5. The minimum absolute atomic E-state index is 0.0105. The van der Waals surface area contributed by atoms with Crippen LogP contribution in [0.1, 0.15) is 35.4 Å². The van der Waals surface area contributed by atoms with Gasteiger partial charge in [0, 0.05) is 22.0 Å². The molecule has 0 radical (unpaired) electrons. The van der Waals surface area contributed by atoms with E-state index in [0.717, 1.165) is 40.3 Å². The predicted octanol–water partition coefficient (Wildman–Crippen LogP) is 3.49. The maximum absolute atomic E-state index is 12.8. The summed E-state index contributed by atoms with van der Waals surface area (Å²) in [5.41, 5.74) is 1.58. The molecule has 2 aromatic rings. The van der Waals surface area contributed by atoms with Gasteiger partial charge in [-0.05, 0) is 44.4 Å². The first-order valence-electron chi connectivity index (χ1n) is 7.22. The van der Waals surface area contributed by atoms with Crippen LogP contribution in [0.5, 0.6) is 0 Å². The summed E-state index contributed by atoms with van der Waals surface area (Å²) in [6.07, 6.45) is 2.89. The number of aliphatic hydroxyl groups is 1. The molecule has 0 saturated carbocycles. The number of carbonyl (C=O) groups is 1. The first kappa shape index (κ1) is 14.6. The van der Waals surface area contributed by atoms with Gasteiger partial charge in [-0.3, -0.25) is 4.79 Å². The Morgan fingerprint density at radius 2 is 2.29 bits per heavy atom. The van der Waals surface area contributed by atoms with Gasteiger partial charge in [0.1, 0.15) is 5.58 Å². The second-order valence-electron chi connectivity index (χ2n) is 5.53. The Labute approximate surface area is 131 Å². The quantitative estimate of drug-likeness (QED) is 0.900. The van der Waals surface area contributed by atoms with Crippen molar-refractivity contribution < 1.29 is 14.3 Å². The van der Waals surface area contributed by atoms with Gasteiger partial charge in [0.2, 0.25) is 0 Å². The molecule has 21 heavy (non-hydrogen) atoms. The molecule has 1 aromatic carbocycles. The van der Waals surface area contributed by atoms with Crippen molar-refractivity contribution >= 4 is 32.8 Å². The van der Waals surface area contributed by atoms with Crippen LogP contribution in [0.3, 0.4) is 0 Å².